The van der Waals surface area contributed by atoms with Crippen molar-refractivity contribution in [2.45, 2.75) is 18.9 Å². The summed E-state index contributed by atoms with van der Waals surface area (Å²) in [5, 5.41) is 3.03. The molecule has 1 saturated heterocycles. The van der Waals surface area contributed by atoms with Gasteiger partial charge in [0.15, 0.2) is 5.15 Å². The third-order valence-corrected chi connectivity index (χ3v) is 4.68. The predicted octanol–water partition coefficient (Wildman–Crippen LogP) is 4.14. The van der Waals surface area contributed by atoms with E-state index >= 15 is 0 Å². The van der Waals surface area contributed by atoms with E-state index in [1.54, 1.807) is 0 Å². The van der Waals surface area contributed by atoms with Gasteiger partial charge < -0.3 is 4.98 Å². The van der Waals surface area contributed by atoms with E-state index in [1.807, 2.05) is 12.3 Å². The molecule has 3 heterocycles. The minimum atomic E-state index is 0.446. The third kappa shape index (κ3) is 1.67. The molecule has 1 aliphatic heterocycles. The number of fused-ring (bicyclic) bond motifs is 3. The summed E-state index contributed by atoms with van der Waals surface area (Å²) in [5.74, 6) is 0. The highest BCUT2D eigenvalue weighted by molar-refractivity contribution is 6.35. The van der Waals surface area contributed by atoms with Crippen LogP contribution >= 0.6 is 11.6 Å². The Bertz CT molecular complexity index is 793. The number of aromatic amines is 1. The highest BCUT2D eigenvalue weighted by Crippen LogP contribution is 2.39. The summed E-state index contributed by atoms with van der Waals surface area (Å²) in [6, 6.07) is 8.81. The monoisotopic (exact) mass is 285 g/mol. The van der Waals surface area contributed by atoms with Gasteiger partial charge in [0, 0.05) is 28.5 Å². The molecule has 3 nitrogen and oxygen atoms in total. The second-order valence-corrected chi connectivity index (χ2v) is 5.92. The van der Waals surface area contributed by atoms with Gasteiger partial charge in [-0.15, -0.1) is 0 Å². The quantitative estimate of drug-likeness (QED) is 0.682. The number of pyridine rings is 1. The van der Waals surface area contributed by atoms with Crippen LogP contribution in [-0.2, 0) is 0 Å². The van der Waals surface area contributed by atoms with E-state index in [-0.39, 0.29) is 0 Å². The normalized spacial score (nSPS) is 20.2. The zero-order chi connectivity index (χ0) is 13.7. The van der Waals surface area contributed by atoms with Crippen molar-refractivity contribution in [2.24, 2.45) is 0 Å². The van der Waals surface area contributed by atoms with Crippen molar-refractivity contribution < 1.29 is 0 Å². The lowest BCUT2D eigenvalue weighted by molar-refractivity contribution is 0.319. The molecule has 102 valence electrons. The third-order valence-electron chi connectivity index (χ3n) is 4.40. The number of hydrogen-bond donors (Lipinski definition) is 1. The molecule has 0 saturated carbocycles. The molecule has 0 bridgehead atoms. The Labute approximate surface area is 122 Å². The van der Waals surface area contributed by atoms with Crippen molar-refractivity contribution in [1.29, 1.82) is 0 Å². The van der Waals surface area contributed by atoms with Gasteiger partial charge in [-0.1, -0.05) is 29.8 Å². The molecule has 1 fully saturated rings. The summed E-state index contributed by atoms with van der Waals surface area (Å²) >= 11 is 6.29. The Morgan fingerprint density at radius 2 is 2.20 bits per heavy atom. The molecule has 0 radical (unpaired) electrons. The molecule has 0 unspecified atom stereocenters. The Morgan fingerprint density at radius 1 is 1.35 bits per heavy atom. The Kier molecular flexibility index (Phi) is 2.72. The van der Waals surface area contributed by atoms with Crippen LogP contribution in [-0.4, -0.2) is 28.5 Å². The Hall–Kier alpha value is -1.58. The van der Waals surface area contributed by atoms with Gasteiger partial charge in [-0.2, -0.15) is 0 Å². The molecule has 1 N–H and O–H groups in total. The van der Waals surface area contributed by atoms with Crippen molar-refractivity contribution in [1.82, 2.24) is 14.9 Å². The molecule has 2 aromatic heterocycles. The van der Waals surface area contributed by atoms with Gasteiger partial charge in [0.25, 0.3) is 0 Å². The van der Waals surface area contributed by atoms with Crippen LogP contribution in [0.3, 0.4) is 0 Å². The number of halogens is 1. The highest BCUT2D eigenvalue weighted by atomic mass is 35.5. The fraction of sp³-hybridized carbons (Fsp3) is 0.312. The first kappa shape index (κ1) is 12.2. The second-order valence-electron chi connectivity index (χ2n) is 5.56. The van der Waals surface area contributed by atoms with Crippen LogP contribution in [0.2, 0.25) is 5.15 Å². The van der Waals surface area contributed by atoms with Gasteiger partial charge in [0.1, 0.15) is 0 Å². The van der Waals surface area contributed by atoms with Crippen LogP contribution in [0.25, 0.3) is 21.8 Å². The highest BCUT2D eigenvalue weighted by Gasteiger charge is 2.26. The first-order valence-corrected chi connectivity index (χ1v) is 7.38. The fourth-order valence-electron chi connectivity index (χ4n) is 3.41. The molecule has 0 aliphatic carbocycles. The van der Waals surface area contributed by atoms with Gasteiger partial charge in [0.05, 0.1) is 5.52 Å². The average Bonchev–Trinajstić information content (AvgIpc) is 3.04. The maximum Gasteiger partial charge on any atom is 0.153 e. The molecule has 1 atom stereocenters. The topological polar surface area (TPSA) is 31.9 Å². The molecule has 3 aromatic rings. The zero-order valence-corrected chi connectivity index (χ0v) is 12.1. The summed E-state index contributed by atoms with van der Waals surface area (Å²) in [7, 11) is 2.19. The van der Waals surface area contributed by atoms with Crippen LogP contribution in [0.15, 0.2) is 30.5 Å². The summed E-state index contributed by atoms with van der Waals surface area (Å²) in [6.07, 6.45) is 4.39. The van der Waals surface area contributed by atoms with Gasteiger partial charge in [0.2, 0.25) is 0 Å². The van der Waals surface area contributed by atoms with E-state index in [1.165, 1.54) is 29.2 Å². The van der Waals surface area contributed by atoms with Gasteiger partial charge in [-0.05, 0) is 38.1 Å². The average molecular weight is 286 g/mol. The minimum absolute atomic E-state index is 0.446. The molecule has 20 heavy (non-hydrogen) atoms. The summed E-state index contributed by atoms with van der Waals surface area (Å²) in [4.78, 5) is 10.2. The molecule has 4 heteroatoms. The molecule has 4 rings (SSSR count). The Morgan fingerprint density at radius 3 is 3.00 bits per heavy atom. The lowest BCUT2D eigenvalue weighted by Crippen LogP contribution is -2.17. The van der Waals surface area contributed by atoms with Gasteiger partial charge >= 0.3 is 0 Å². The first-order chi connectivity index (χ1) is 9.75. The summed E-state index contributed by atoms with van der Waals surface area (Å²) < 4.78 is 0. The number of rotatable bonds is 1. The summed E-state index contributed by atoms with van der Waals surface area (Å²) in [6.45, 7) is 1.15. The van der Waals surface area contributed by atoms with E-state index in [2.05, 4.69) is 40.1 Å². The van der Waals surface area contributed by atoms with Crippen molar-refractivity contribution >= 4 is 33.4 Å². The number of likely N-dealkylation sites (tertiary alicyclic amines) is 1. The SMILES string of the molecule is CN1CCC[C@H]1c1cnc(Cl)c2[nH]c3ccccc3c12. The molecule has 1 aromatic carbocycles. The van der Waals surface area contributed by atoms with Crippen LogP contribution in [0.1, 0.15) is 24.4 Å². The molecule has 0 amide bonds. The lowest BCUT2D eigenvalue weighted by Gasteiger charge is -2.20. The predicted molar refractivity (Wildman–Crippen MR) is 83.2 cm³/mol. The molecular weight excluding hydrogens is 270 g/mol. The van der Waals surface area contributed by atoms with Gasteiger partial charge in [-0.25, -0.2) is 4.98 Å². The van der Waals surface area contributed by atoms with E-state index in [0.717, 1.165) is 17.6 Å². The molecule has 0 spiro atoms. The number of benzene rings is 1. The van der Waals surface area contributed by atoms with E-state index in [0.29, 0.717) is 11.2 Å². The van der Waals surface area contributed by atoms with Crippen LogP contribution in [0, 0.1) is 0 Å². The smallest absolute Gasteiger partial charge is 0.153 e. The number of aromatic nitrogens is 2. The van der Waals surface area contributed by atoms with Crippen LogP contribution < -0.4 is 0 Å². The number of hydrogen-bond acceptors (Lipinski definition) is 2. The molecular formula is C16H16ClN3. The number of nitrogens with one attached hydrogen (secondary N) is 1. The minimum Gasteiger partial charge on any atom is -0.352 e. The van der Waals surface area contributed by atoms with E-state index in [4.69, 9.17) is 11.6 Å². The van der Waals surface area contributed by atoms with E-state index < -0.39 is 0 Å². The number of H-pyrrole nitrogens is 1. The lowest BCUT2D eigenvalue weighted by atomic mass is 10.0. The maximum atomic E-state index is 6.29. The largest absolute Gasteiger partial charge is 0.352 e. The van der Waals surface area contributed by atoms with Crippen LogP contribution in [0.4, 0.5) is 0 Å². The first-order valence-electron chi connectivity index (χ1n) is 7.01. The zero-order valence-electron chi connectivity index (χ0n) is 11.4. The van der Waals surface area contributed by atoms with Crippen molar-refractivity contribution in [3.05, 3.63) is 41.2 Å². The maximum absolute atomic E-state index is 6.29. The van der Waals surface area contributed by atoms with Crippen molar-refractivity contribution in [2.75, 3.05) is 13.6 Å². The molecule has 1 aliphatic rings. The fourth-order valence-corrected chi connectivity index (χ4v) is 3.60. The van der Waals surface area contributed by atoms with Crippen LogP contribution in [0.5, 0.6) is 0 Å². The second kappa shape index (κ2) is 4.47. The van der Waals surface area contributed by atoms with Crippen molar-refractivity contribution in [3.63, 3.8) is 0 Å². The standard InChI is InChI=1S/C16H16ClN3/c1-20-8-4-7-13(20)11-9-18-16(17)15-14(11)10-5-2-3-6-12(10)19-15/h2-3,5-6,9,13,19H,4,7-8H2,1H3/t13-/m0/s1. The van der Waals surface area contributed by atoms with Crippen molar-refractivity contribution in [3.8, 4) is 0 Å². The summed E-state index contributed by atoms with van der Waals surface area (Å²) in [5.41, 5.74) is 3.38. The Balaban J connectivity index is 2.08. The van der Waals surface area contributed by atoms with E-state index in [9.17, 15) is 0 Å². The number of para-hydroxylation sites is 1. The number of nitrogens with zero attached hydrogens (tertiary/aromatic N) is 2. The van der Waals surface area contributed by atoms with Gasteiger partial charge in [-0.3, -0.25) is 4.90 Å².